The summed E-state index contributed by atoms with van der Waals surface area (Å²) < 4.78 is 0. The summed E-state index contributed by atoms with van der Waals surface area (Å²) in [6.07, 6.45) is 4.91. The predicted octanol–water partition coefficient (Wildman–Crippen LogP) is 0.341. The highest BCUT2D eigenvalue weighted by atomic mass is 16.2. The third-order valence-electron chi connectivity index (χ3n) is 3.96. The number of aromatic amines is 1. The molecule has 5 heteroatoms. The van der Waals surface area contributed by atoms with Crippen molar-refractivity contribution in [1.29, 1.82) is 0 Å². The number of hydrogen-bond donors (Lipinski definition) is 2. The van der Waals surface area contributed by atoms with Gasteiger partial charge in [-0.1, -0.05) is 0 Å². The van der Waals surface area contributed by atoms with Crippen LogP contribution in [0.1, 0.15) is 29.6 Å². The van der Waals surface area contributed by atoms with Crippen molar-refractivity contribution < 1.29 is 4.79 Å². The predicted molar refractivity (Wildman–Crippen MR) is 67.5 cm³/mol. The Morgan fingerprint density at radius 1 is 1.39 bits per heavy atom. The molecule has 0 radical (unpaired) electrons. The summed E-state index contributed by atoms with van der Waals surface area (Å²) in [7, 11) is 0. The van der Waals surface area contributed by atoms with E-state index in [0.29, 0.717) is 11.6 Å². The Morgan fingerprint density at radius 2 is 2.28 bits per heavy atom. The first kappa shape index (κ1) is 11.5. The topological polar surface area (TPSA) is 65.2 Å². The Kier molecular flexibility index (Phi) is 2.91. The Morgan fingerprint density at radius 3 is 3.11 bits per heavy atom. The van der Waals surface area contributed by atoms with E-state index in [9.17, 15) is 9.59 Å². The number of pyridine rings is 1. The van der Waals surface area contributed by atoms with Crippen LogP contribution in [0.2, 0.25) is 0 Å². The van der Waals surface area contributed by atoms with Gasteiger partial charge in [0.2, 0.25) is 5.56 Å². The van der Waals surface area contributed by atoms with Gasteiger partial charge in [-0.3, -0.25) is 14.5 Å². The van der Waals surface area contributed by atoms with Gasteiger partial charge in [-0.25, -0.2) is 0 Å². The maximum atomic E-state index is 12.1. The van der Waals surface area contributed by atoms with Crippen LogP contribution in [0.25, 0.3) is 0 Å². The summed E-state index contributed by atoms with van der Waals surface area (Å²) in [6.45, 7) is 2.23. The summed E-state index contributed by atoms with van der Waals surface area (Å²) >= 11 is 0. The largest absolute Gasteiger partial charge is 0.348 e. The molecule has 3 heterocycles. The average molecular weight is 247 g/mol. The second-order valence-electron chi connectivity index (χ2n) is 5.06. The van der Waals surface area contributed by atoms with Gasteiger partial charge in [-0.2, -0.15) is 0 Å². The summed E-state index contributed by atoms with van der Waals surface area (Å²) in [4.78, 5) is 28.2. The van der Waals surface area contributed by atoms with Crippen molar-refractivity contribution in [3.63, 3.8) is 0 Å². The normalized spacial score (nSPS) is 27.1. The van der Waals surface area contributed by atoms with Crippen molar-refractivity contribution in [2.45, 2.75) is 31.3 Å². The van der Waals surface area contributed by atoms with Crippen LogP contribution in [0.3, 0.4) is 0 Å². The molecule has 2 aliphatic heterocycles. The first-order valence-corrected chi connectivity index (χ1v) is 6.48. The third kappa shape index (κ3) is 2.06. The summed E-state index contributed by atoms with van der Waals surface area (Å²) in [5, 5.41) is 3.06. The molecular formula is C13H17N3O2. The Labute approximate surface area is 105 Å². The van der Waals surface area contributed by atoms with Crippen molar-refractivity contribution in [3.8, 4) is 0 Å². The lowest BCUT2D eigenvalue weighted by Crippen LogP contribution is -2.42. The first-order chi connectivity index (χ1) is 8.74. The second kappa shape index (κ2) is 4.57. The Hall–Kier alpha value is -1.62. The Bertz CT molecular complexity index is 511. The first-order valence-electron chi connectivity index (χ1n) is 6.48. The van der Waals surface area contributed by atoms with Crippen LogP contribution in [0.15, 0.2) is 23.1 Å². The highest BCUT2D eigenvalue weighted by Gasteiger charge is 2.37. The van der Waals surface area contributed by atoms with Crippen LogP contribution < -0.4 is 10.9 Å². The molecule has 2 N–H and O–H groups in total. The number of rotatable bonds is 2. The molecule has 1 amide bonds. The highest BCUT2D eigenvalue weighted by molar-refractivity contribution is 5.94. The van der Waals surface area contributed by atoms with Crippen molar-refractivity contribution in [3.05, 3.63) is 34.2 Å². The van der Waals surface area contributed by atoms with E-state index in [4.69, 9.17) is 0 Å². The molecule has 1 aromatic rings. The SMILES string of the molecule is O=C(NC1CCN2CCCC12)c1cc[nH]c(=O)c1. The number of aromatic nitrogens is 1. The number of hydrogen-bond acceptors (Lipinski definition) is 3. The van der Waals surface area contributed by atoms with Crippen molar-refractivity contribution in [2.24, 2.45) is 0 Å². The van der Waals surface area contributed by atoms with Gasteiger partial charge in [0.25, 0.3) is 5.91 Å². The molecule has 2 unspecified atom stereocenters. The smallest absolute Gasteiger partial charge is 0.251 e. The number of fused-ring (bicyclic) bond motifs is 1. The van der Waals surface area contributed by atoms with Crippen LogP contribution in [0.5, 0.6) is 0 Å². The molecule has 0 spiro atoms. The molecule has 0 bridgehead atoms. The van der Waals surface area contributed by atoms with Crippen LogP contribution in [0.4, 0.5) is 0 Å². The van der Waals surface area contributed by atoms with Gasteiger partial charge in [0.05, 0.1) is 0 Å². The van der Waals surface area contributed by atoms with Crippen molar-refractivity contribution >= 4 is 5.91 Å². The zero-order chi connectivity index (χ0) is 12.5. The van der Waals surface area contributed by atoms with Crippen LogP contribution in [0, 0.1) is 0 Å². The molecule has 5 nitrogen and oxygen atoms in total. The number of carbonyl (C=O) groups excluding carboxylic acids is 1. The van der Waals surface area contributed by atoms with Gasteiger partial charge in [-0.15, -0.1) is 0 Å². The molecule has 2 fully saturated rings. The monoisotopic (exact) mass is 247 g/mol. The van der Waals surface area contributed by atoms with E-state index in [1.807, 2.05) is 0 Å². The molecule has 0 aromatic carbocycles. The molecule has 2 saturated heterocycles. The highest BCUT2D eigenvalue weighted by Crippen LogP contribution is 2.27. The quantitative estimate of drug-likeness (QED) is 0.792. The molecule has 18 heavy (non-hydrogen) atoms. The minimum Gasteiger partial charge on any atom is -0.348 e. The minimum atomic E-state index is -0.239. The minimum absolute atomic E-state index is 0.139. The van der Waals surface area contributed by atoms with E-state index in [0.717, 1.165) is 19.5 Å². The van der Waals surface area contributed by atoms with Gasteiger partial charge in [0, 0.05) is 36.5 Å². The standard InChI is InChI=1S/C13H17N3O2/c17-12-8-9(3-5-14-12)13(18)15-10-4-7-16-6-1-2-11(10)16/h3,5,8,10-11H,1-2,4,6-7H2,(H,14,17)(H,15,18). The lowest BCUT2D eigenvalue weighted by molar-refractivity contribution is 0.0929. The molecule has 3 rings (SSSR count). The number of carbonyl (C=O) groups is 1. The van der Waals surface area contributed by atoms with E-state index < -0.39 is 0 Å². The van der Waals surface area contributed by atoms with Crippen molar-refractivity contribution in [2.75, 3.05) is 13.1 Å². The van der Waals surface area contributed by atoms with Crippen molar-refractivity contribution in [1.82, 2.24) is 15.2 Å². The molecule has 0 saturated carbocycles. The van der Waals surface area contributed by atoms with E-state index in [-0.39, 0.29) is 17.5 Å². The molecule has 1 aromatic heterocycles. The van der Waals surface area contributed by atoms with Gasteiger partial charge >= 0.3 is 0 Å². The van der Waals surface area contributed by atoms with Crippen LogP contribution >= 0.6 is 0 Å². The maximum Gasteiger partial charge on any atom is 0.251 e. The number of nitrogens with zero attached hydrogens (tertiary/aromatic N) is 1. The lowest BCUT2D eigenvalue weighted by Gasteiger charge is -2.21. The molecule has 2 aliphatic rings. The van der Waals surface area contributed by atoms with Gasteiger partial charge in [0.1, 0.15) is 0 Å². The summed E-state index contributed by atoms with van der Waals surface area (Å²) in [5.41, 5.74) is 0.201. The van der Waals surface area contributed by atoms with E-state index in [2.05, 4.69) is 15.2 Å². The fourth-order valence-corrected chi connectivity index (χ4v) is 3.09. The Balaban J connectivity index is 1.69. The third-order valence-corrected chi connectivity index (χ3v) is 3.96. The lowest BCUT2D eigenvalue weighted by atomic mass is 10.1. The zero-order valence-corrected chi connectivity index (χ0v) is 10.2. The molecule has 0 aliphatic carbocycles. The number of nitrogens with one attached hydrogen (secondary N) is 2. The summed E-state index contributed by atoms with van der Waals surface area (Å²) in [6, 6.07) is 3.71. The maximum absolute atomic E-state index is 12.1. The van der Waals surface area contributed by atoms with Gasteiger partial charge < -0.3 is 10.3 Å². The van der Waals surface area contributed by atoms with Crippen LogP contribution in [-0.2, 0) is 0 Å². The van der Waals surface area contributed by atoms with E-state index >= 15 is 0 Å². The second-order valence-corrected chi connectivity index (χ2v) is 5.06. The van der Waals surface area contributed by atoms with E-state index in [1.165, 1.54) is 25.1 Å². The molecule has 96 valence electrons. The number of amides is 1. The average Bonchev–Trinajstić information content (AvgIpc) is 2.94. The molecular weight excluding hydrogens is 230 g/mol. The zero-order valence-electron chi connectivity index (χ0n) is 10.2. The van der Waals surface area contributed by atoms with E-state index in [1.54, 1.807) is 6.07 Å². The fraction of sp³-hybridized carbons (Fsp3) is 0.538. The summed E-state index contributed by atoms with van der Waals surface area (Å²) in [5.74, 6) is -0.139. The van der Waals surface area contributed by atoms with Gasteiger partial charge in [0.15, 0.2) is 0 Å². The fourth-order valence-electron chi connectivity index (χ4n) is 3.09. The van der Waals surface area contributed by atoms with Gasteiger partial charge in [-0.05, 0) is 31.9 Å². The number of H-pyrrole nitrogens is 1. The van der Waals surface area contributed by atoms with Crippen LogP contribution in [-0.4, -0.2) is 41.0 Å². The molecule has 2 atom stereocenters.